The van der Waals surface area contributed by atoms with Crippen molar-refractivity contribution in [2.24, 2.45) is 11.8 Å². The minimum atomic E-state index is 0.270. The summed E-state index contributed by atoms with van der Waals surface area (Å²) < 4.78 is 0. The van der Waals surface area contributed by atoms with E-state index in [4.69, 9.17) is 0 Å². The van der Waals surface area contributed by atoms with Gasteiger partial charge in [-0.25, -0.2) is 0 Å². The predicted molar refractivity (Wildman–Crippen MR) is 78.3 cm³/mol. The number of hydrogen-bond acceptors (Lipinski definition) is 1. The van der Waals surface area contributed by atoms with Gasteiger partial charge in [0.25, 0.3) is 0 Å². The Morgan fingerprint density at radius 3 is 2.39 bits per heavy atom. The lowest BCUT2D eigenvalue weighted by Gasteiger charge is -2.46. The molecule has 97 valence electrons. The molecule has 0 fully saturated rings. The van der Waals surface area contributed by atoms with Crippen molar-refractivity contribution in [2.45, 2.75) is 52.4 Å². The Bertz CT molecular complexity index is 415. The normalized spacial score (nSPS) is 17.9. The highest BCUT2D eigenvalue weighted by atomic mass is 16.2. The number of benzene rings is 1. The Labute approximate surface area is 112 Å². The second kappa shape index (κ2) is 5.09. The van der Waals surface area contributed by atoms with Crippen molar-refractivity contribution in [3.8, 4) is 0 Å². The molecule has 1 aromatic rings. The lowest BCUT2D eigenvalue weighted by molar-refractivity contribution is 0.186. The summed E-state index contributed by atoms with van der Waals surface area (Å²) in [5.41, 5.74) is 4.16. The Morgan fingerprint density at radius 2 is 1.83 bits per heavy atom. The van der Waals surface area contributed by atoms with Crippen molar-refractivity contribution >= 4 is 12.9 Å². The summed E-state index contributed by atoms with van der Waals surface area (Å²) in [5.74, 6) is 1.26. The highest BCUT2D eigenvalue weighted by Gasteiger charge is 2.41. The van der Waals surface area contributed by atoms with Crippen LogP contribution in [0.25, 0.3) is 0 Å². The molecule has 0 aromatic heterocycles. The Morgan fingerprint density at radius 1 is 1.17 bits per heavy atom. The van der Waals surface area contributed by atoms with Crippen LogP contribution in [0.4, 0.5) is 0 Å². The standard InChI is InChI=1S/C16H24BO/c1-11(2)16(12(3)4)9-5-6-13-7-8-14(17-18)10-15(13)16/h7-8,10-12,18H,5-6,9H2,1-4H3. The van der Waals surface area contributed by atoms with Gasteiger partial charge in [-0.05, 0) is 42.2 Å². The Kier molecular flexibility index (Phi) is 3.86. The first kappa shape index (κ1) is 13.7. The highest BCUT2D eigenvalue weighted by Crippen LogP contribution is 2.47. The average molecular weight is 243 g/mol. The summed E-state index contributed by atoms with van der Waals surface area (Å²) in [6, 6.07) is 6.43. The van der Waals surface area contributed by atoms with Crippen LogP contribution in [0.1, 0.15) is 51.7 Å². The summed E-state index contributed by atoms with van der Waals surface area (Å²) in [5, 5.41) is 9.26. The van der Waals surface area contributed by atoms with Gasteiger partial charge in [-0.1, -0.05) is 51.4 Å². The first-order valence-electron chi connectivity index (χ1n) is 7.13. The first-order valence-corrected chi connectivity index (χ1v) is 7.13. The average Bonchev–Trinajstić information content (AvgIpc) is 2.36. The van der Waals surface area contributed by atoms with E-state index >= 15 is 0 Å². The van der Waals surface area contributed by atoms with Gasteiger partial charge >= 0.3 is 7.48 Å². The van der Waals surface area contributed by atoms with Crippen LogP contribution in [0.2, 0.25) is 0 Å². The molecular weight excluding hydrogens is 219 g/mol. The number of fused-ring (bicyclic) bond motifs is 1. The molecule has 0 amide bonds. The van der Waals surface area contributed by atoms with E-state index in [-0.39, 0.29) is 5.41 Å². The summed E-state index contributed by atoms with van der Waals surface area (Å²) >= 11 is 0. The second-order valence-corrected chi connectivity index (χ2v) is 6.25. The topological polar surface area (TPSA) is 20.2 Å². The molecule has 2 rings (SSSR count). The van der Waals surface area contributed by atoms with Crippen LogP contribution in [0, 0.1) is 11.8 Å². The predicted octanol–water partition coefficient (Wildman–Crippen LogP) is 2.81. The third kappa shape index (κ3) is 2.01. The van der Waals surface area contributed by atoms with E-state index < -0.39 is 0 Å². The maximum absolute atomic E-state index is 9.26. The maximum atomic E-state index is 9.26. The zero-order valence-corrected chi connectivity index (χ0v) is 12.0. The zero-order chi connectivity index (χ0) is 13.3. The van der Waals surface area contributed by atoms with Gasteiger partial charge in [0.15, 0.2) is 0 Å². The van der Waals surface area contributed by atoms with Crippen molar-refractivity contribution < 1.29 is 5.02 Å². The fourth-order valence-electron chi connectivity index (χ4n) is 3.90. The molecule has 0 saturated heterocycles. The highest BCUT2D eigenvalue weighted by molar-refractivity contribution is 6.45. The van der Waals surface area contributed by atoms with E-state index in [0.29, 0.717) is 11.8 Å². The van der Waals surface area contributed by atoms with Gasteiger partial charge < -0.3 is 5.02 Å². The number of rotatable bonds is 3. The van der Waals surface area contributed by atoms with Crippen molar-refractivity contribution in [1.82, 2.24) is 0 Å². The molecular formula is C16H24BO. The zero-order valence-electron chi connectivity index (χ0n) is 12.0. The number of aryl methyl sites for hydroxylation is 1. The SMILES string of the molecule is CC(C)C1(C(C)C)CCCc2ccc([B]O)cc21. The quantitative estimate of drug-likeness (QED) is 0.809. The fraction of sp³-hybridized carbons (Fsp3) is 0.625. The van der Waals surface area contributed by atoms with Gasteiger partial charge in [0.05, 0.1) is 0 Å². The third-order valence-corrected chi connectivity index (χ3v) is 4.88. The van der Waals surface area contributed by atoms with E-state index in [0.717, 1.165) is 5.46 Å². The summed E-state index contributed by atoms with van der Waals surface area (Å²) in [6.45, 7) is 9.35. The minimum absolute atomic E-state index is 0.270. The summed E-state index contributed by atoms with van der Waals surface area (Å²) in [6.07, 6.45) is 3.73. The molecule has 0 bridgehead atoms. The van der Waals surface area contributed by atoms with E-state index in [2.05, 4.69) is 39.8 Å². The Hall–Kier alpha value is -0.755. The van der Waals surface area contributed by atoms with E-state index in [1.165, 1.54) is 37.9 Å². The molecule has 0 heterocycles. The van der Waals surface area contributed by atoms with E-state index in [1.54, 1.807) is 0 Å². The van der Waals surface area contributed by atoms with Gasteiger partial charge in [-0.15, -0.1) is 0 Å². The molecule has 0 atom stereocenters. The van der Waals surface area contributed by atoms with Crippen molar-refractivity contribution in [1.29, 1.82) is 0 Å². The lowest BCUT2D eigenvalue weighted by atomic mass is 9.57. The van der Waals surface area contributed by atoms with Gasteiger partial charge in [-0.3, -0.25) is 0 Å². The van der Waals surface area contributed by atoms with Gasteiger partial charge in [0.2, 0.25) is 0 Å². The molecule has 18 heavy (non-hydrogen) atoms. The Balaban J connectivity index is 2.60. The maximum Gasteiger partial charge on any atom is 0.326 e. The summed E-state index contributed by atoms with van der Waals surface area (Å²) in [4.78, 5) is 0. The number of hydrogen-bond donors (Lipinski definition) is 1. The van der Waals surface area contributed by atoms with Crippen molar-refractivity contribution in [3.05, 3.63) is 29.3 Å². The molecule has 1 radical (unpaired) electrons. The van der Waals surface area contributed by atoms with Crippen LogP contribution in [0.5, 0.6) is 0 Å². The fourth-order valence-corrected chi connectivity index (χ4v) is 3.90. The minimum Gasteiger partial charge on any atom is -0.450 e. The molecule has 0 spiro atoms. The molecule has 0 unspecified atom stereocenters. The molecule has 2 heteroatoms. The third-order valence-electron chi connectivity index (χ3n) is 4.88. The van der Waals surface area contributed by atoms with E-state index in [9.17, 15) is 5.02 Å². The van der Waals surface area contributed by atoms with Crippen LogP contribution in [0.15, 0.2) is 18.2 Å². The molecule has 0 saturated carbocycles. The largest absolute Gasteiger partial charge is 0.450 e. The molecule has 0 aliphatic heterocycles. The second-order valence-electron chi connectivity index (χ2n) is 6.25. The van der Waals surface area contributed by atoms with Crippen LogP contribution in [-0.2, 0) is 11.8 Å². The molecule has 1 nitrogen and oxygen atoms in total. The van der Waals surface area contributed by atoms with Gasteiger partial charge in [0.1, 0.15) is 0 Å². The van der Waals surface area contributed by atoms with Crippen LogP contribution in [-0.4, -0.2) is 12.5 Å². The molecule has 1 aromatic carbocycles. The lowest BCUT2D eigenvalue weighted by Crippen LogP contribution is -2.42. The first-order chi connectivity index (χ1) is 8.52. The van der Waals surface area contributed by atoms with Crippen molar-refractivity contribution in [2.75, 3.05) is 0 Å². The van der Waals surface area contributed by atoms with Gasteiger partial charge in [-0.2, -0.15) is 0 Å². The molecule has 1 aliphatic carbocycles. The molecule has 1 aliphatic rings. The van der Waals surface area contributed by atoms with Crippen LogP contribution < -0.4 is 5.46 Å². The van der Waals surface area contributed by atoms with Crippen LogP contribution in [0.3, 0.4) is 0 Å². The van der Waals surface area contributed by atoms with Gasteiger partial charge in [0, 0.05) is 5.41 Å². The van der Waals surface area contributed by atoms with Crippen molar-refractivity contribution in [3.63, 3.8) is 0 Å². The monoisotopic (exact) mass is 243 g/mol. The summed E-state index contributed by atoms with van der Waals surface area (Å²) in [7, 11) is 1.22. The smallest absolute Gasteiger partial charge is 0.326 e. The molecule has 1 N–H and O–H groups in total. The van der Waals surface area contributed by atoms with Crippen LogP contribution >= 0.6 is 0 Å². The van der Waals surface area contributed by atoms with E-state index in [1.807, 2.05) is 6.07 Å².